The van der Waals surface area contributed by atoms with Crippen LogP contribution in [0.15, 0.2) is 78.4 Å². The van der Waals surface area contributed by atoms with Gasteiger partial charge in [0, 0.05) is 5.56 Å². The summed E-state index contributed by atoms with van der Waals surface area (Å²) in [6.07, 6.45) is 0. The maximum absolute atomic E-state index is 13.8. The van der Waals surface area contributed by atoms with Gasteiger partial charge in [0.15, 0.2) is 5.13 Å². The van der Waals surface area contributed by atoms with Crippen LogP contribution in [-0.2, 0) is 15.0 Å². The van der Waals surface area contributed by atoms with Crippen LogP contribution in [0.4, 0.5) is 9.52 Å². The third kappa shape index (κ3) is 4.02. The molecule has 1 fully saturated rings. The molecule has 2 heterocycles. The summed E-state index contributed by atoms with van der Waals surface area (Å²) in [6, 6.07) is 19.7. The molecule has 0 radical (unpaired) electrons. The fourth-order valence-corrected chi connectivity index (χ4v) is 5.27. The number of carbonyl (C=O) groups is 2. The third-order valence-electron chi connectivity index (χ3n) is 6.13. The number of aromatic nitrogens is 1. The van der Waals surface area contributed by atoms with E-state index in [2.05, 4.69) is 25.8 Å². The highest BCUT2D eigenvalue weighted by Gasteiger charge is 2.48. The monoisotopic (exact) mass is 486 g/mol. The molecular formula is C28H23FN2O3S. The number of hydrogen-bond donors (Lipinski definition) is 1. The molecule has 1 amide bonds. The van der Waals surface area contributed by atoms with Gasteiger partial charge in [-0.15, -0.1) is 0 Å². The molecule has 3 aromatic carbocycles. The van der Waals surface area contributed by atoms with E-state index in [1.54, 1.807) is 36.4 Å². The van der Waals surface area contributed by atoms with Gasteiger partial charge in [0.1, 0.15) is 11.6 Å². The number of anilines is 1. The molecule has 5 rings (SSSR count). The molecule has 5 nitrogen and oxygen atoms in total. The van der Waals surface area contributed by atoms with Crippen molar-refractivity contribution in [3.05, 3.63) is 101 Å². The minimum Gasteiger partial charge on any atom is -0.507 e. The topological polar surface area (TPSA) is 70.5 Å². The predicted octanol–water partition coefficient (Wildman–Crippen LogP) is 6.36. The highest BCUT2D eigenvalue weighted by Crippen LogP contribution is 2.44. The smallest absolute Gasteiger partial charge is 0.301 e. The number of fused-ring (bicyclic) bond motifs is 1. The summed E-state index contributed by atoms with van der Waals surface area (Å²) in [5, 5.41) is 11.4. The van der Waals surface area contributed by atoms with Crippen LogP contribution in [0.1, 0.15) is 43.5 Å². The molecule has 1 aliphatic heterocycles. The van der Waals surface area contributed by atoms with Crippen LogP contribution < -0.4 is 4.90 Å². The Bertz CT molecular complexity index is 1480. The molecule has 1 aliphatic rings. The molecule has 176 valence electrons. The first-order valence-electron chi connectivity index (χ1n) is 11.2. The maximum atomic E-state index is 13.8. The van der Waals surface area contributed by atoms with Crippen molar-refractivity contribution in [3.8, 4) is 0 Å². The number of aliphatic hydroxyl groups is 1. The first-order chi connectivity index (χ1) is 16.6. The molecule has 0 bridgehead atoms. The summed E-state index contributed by atoms with van der Waals surface area (Å²) in [7, 11) is 0. The summed E-state index contributed by atoms with van der Waals surface area (Å²) in [6.45, 7) is 6.30. The summed E-state index contributed by atoms with van der Waals surface area (Å²) in [5.74, 6) is -2.23. The first-order valence-corrected chi connectivity index (χ1v) is 12.0. The predicted molar refractivity (Wildman–Crippen MR) is 136 cm³/mol. The van der Waals surface area contributed by atoms with Crippen molar-refractivity contribution >= 4 is 44.1 Å². The number of benzene rings is 3. The van der Waals surface area contributed by atoms with E-state index in [0.717, 1.165) is 16.9 Å². The normalized spacial score (nSPS) is 17.9. The number of nitrogens with zero attached hydrogens (tertiary/aromatic N) is 2. The number of carbonyl (C=O) groups excluding carboxylic acids is 2. The van der Waals surface area contributed by atoms with Crippen LogP contribution in [0.2, 0.25) is 0 Å². The van der Waals surface area contributed by atoms with Gasteiger partial charge in [-0.05, 0) is 34.7 Å². The molecule has 7 heteroatoms. The number of thiazole rings is 1. The quantitative estimate of drug-likeness (QED) is 0.208. The fourth-order valence-electron chi connectivity index (χ4n) is 4.25. The second-order valence-corrected chi connectivity index (χ2v) is 10.5. The second-order valence-electron chi connectivity index (χ2n) is 9.52. The van der Waals surface area contributed by atoms with Gasteiger partial charge in [0.05, 0.1) is 21.8 Å². The highest BCUT2D eigenvalue weighted by atomic mass is 32.1. The van der Waals surface area contributed by atoms with Crippen LogP contribution in [0, 0.1) is 5.82 Å². The summed E-state index contributed by atoms with van der Waals surface area (Å²) >= 11 is 1.13. The first kappa shape index (κ1) is 22.9. The Morgan fingerprint density at radius 2 is 1.69 bits per heavy atom. The molecule has 1 aromatic heterocycles. The highest BCUT2D eigenvalue weighted by molar-refractivity contribution is 7.22. The number of rotatable bonds is 3. The standard InChI is InChI=1S/C28H23FN2O3S/c1-28(2,3)18-11-9-16(10-12-18)23-22(24(32)17-7-5-4-6-8-17)25(33)26(34)31(23)27-30-20-14-13-19(29)15-21(20)35-27/h4-15,23,32H,1-3H3/t23-/m1/s1. The lowest BCUT2D eigenvalue weighted by Gasteiger charge is -2.24. The van der Waals surface area contributed by atoms with Gasteiger partial charge in [-0.2, -0.15) is 0 Å². The zero-order valence-corrected chi connectivity index (χ0v) is 20.3. The molecule has 0 aliphatic carbocycles. The van der Waals surface area contributed by atoms with Crippen molar-refractivity contribution in [2.75, 3.05) is 4.90 Å². The number of ketones is 1. The van der Waals surface area contributed by atoms with E-state index in [9.17, 15) is 19.1 Å². The van der Waals surface area contributed by atoms with Crippen LogP contribution in [0.3, 0.4) is 0 Å². The summed E-state index contributed by atoms with van der Waals surface area (Å²) in [4.78, 5) is 32.5. The molecule has 1 N–H and O–H groups in total. The van der Waals surface area contributed by atoms with E-state index in [0.29, 0.717) is 21.3 Å². The van der Waals surface area contributed by atoms with Crippen molar-refractivity contribution in [1.29, 1.82) is 0 Å². The Kier molecular flexibility index (Phi) is 5.52. The Labute approximate surface area is 206 Å². The zero-order valence-electron chi connectivity index (χ0n) is 19.4. The van der Waals surface area contributed by atoms with Gasteiger partial charge in [-0.1, -0.05) is 86.7 Å². The van der Waals surface area contributed by atoms with Gasteiger partial charge in [0.25, 0.3) is 5.78 Å². The Morgan fingerprint density at radius 1 is 1.00 bits per heavy atom. The van der Waals surface area contributed by atoms with E-state index in [1.165, 1.54) is 17.0 Å². The van der Waals surface area contributed by atoms with Crippen molar-refractivity contribution in [2.45, 2.75) is 32.2 Å². The van der Waals surface area contributed by atoms with Crippen LogP contribution in [0.5, 0.6) is 0 Å². The van der Waals surface area contributed by atoms with Gasteiger partial charge >= 0.3 is 5.91 Å². The zero-order chi connectivity index (χ0) is 24.9. The van der Waals surface area contributed by atoms with Crippen molar-refractivity contribution in [2.24, 2.45) is 0 Å². The minimum atomic E-state index is -0.880. The Morgan fingerprint density at radius 3 is 2.34 bits per heavy atom. The van der Waals surface area contributed by atoms with E-state index < -0.39 is 23.5 Å². The van der Waals surface area contributed by atoms with Crippen LogP contribution in [-0.4, -0.2) is 21.8 Å². The number of hydrogen-bond acceptors (Lipinski definition) is 5. The van der Waals surface area contributed by atoms with Crippen molar-refractivity contribution in [3.63, 3.8) is 0 Å². The Hall–Kier alpha value is -3.84. The van der Waals surface area contributed by atoms with Gasteiger partial charge < -0.3 is 5.11 Å². The average Bonchev–Trinajstić information content (AvgIpc) is 3.36. The Balaban J connectivity index is 1.72. The second kappa shape index (κ2) is 8.43. The van der Waals surface area contributed by atoms with Crippen LogP contribution in [0.25, 0.3) is 16.0 Å². The summed E-state index contributed by atoms with van der Waals surface area (Å²) < 4.78 is 14.4. The number of aliphatic hydroxyl groups excluding tert-OH is 1. The maximum Gasteiger partial charge on any atom is 0.301 e. The van der Waals surface area contributed by atoms with Crippen molar-refractivity contribution in [1.82, 2.24) is 4.98 Å². The summed E-state index contributed by atoms with van der Waals surface area (Å²) in [5.41, 5.74) is 2.64. The van der Waals surface area contributed by atoms with Gasteiger partial charge in [0.2, 0.25) is 0 Å². The van der Waals surface area contributed by atoms with E-state index in [1.807, 2.05) is 24.3 Å². The van der Waals surface area contributed by atoms with Crippen molar-refractivity contribution < 1.29 is 19.1 Å². The largest absolute Gasteiger partial charge is 0.507 e. The molecule has 0 spiro atoms. The molecular weight excluding hydrogens is 463 g/mol. The van der Waals surface area contributed by atoms with E-state index >= 15 is 0 Å². The SMILES string of the molecule is CC(C)(C)c1ccc([C@@H]2C(=C(O)c3ccccc3)C(=O)C(=O)N2c2nc3ccc(F)cc3s2)cc1. The molecule has 35 heavy (non-hydrogen) atoms. The van der Waals surface area contributed by atoms with Crippen LogP contribution >= 0.6 is 11.3 Å². The lowest BCUT2D eigenvalue weighted by Crippen LogP contribution is -2.29. The number of amides is 1. The molecule has 0 unspecified atom stereocenters. The third-order valence-corrected chi connectivity index (χ3v) is 7.15. The number of halogens is 1. The van der Waals surface area contributed by atoms with E-state index in [4.69, 9.17) is 0 Å². The fraction of sp³-hybridized carbons (Fsp3) is 0.179. The lowest BCUT2D eigenvalue weighted by molar-refractivity contribution is -0.132. The number of Topliss-reactive ketones (excluding diaryl/α,β-unsaturated/α-hetero) is 1. The molecule has 1 saturated heterocycles. The molecule has 0 saturated carbocycles. The minimum absolute atomic E-state index is 0.00450. The average molecular weight is 487 g/mol. The van der Waals surface area contributed by atoms with Gasteiger partial charge in [-0.3, -0.25) is 14.5 Å². The van der Waals surface area contributed by atoms with Gasteiger partial charge in [-0.25, -0.2) is 9.37 Å². The lowest BCUT2D eigenvalue weighted by atomic mass is 9.85. The molecule has 4 aromatic rings. The van der Waals surface area contributed by atoms with E-state index in [-0.39, 0.29) is 21.9 Å². The molecule has 1 atom stereocenters.